The summed E-state index contributed by atoms with van der Waals surface area (Å²) in [6.45, 7) is 0. The second-order valence-corrected chi connectivity index (χ2v) is 5.16. The van der Waals surface area contributed by atoms with E-state index in [0.29, 0.717) is 10.5 Å². The monoisotopic (exact) mass is 270 g/mol. The van der Waals surface area contributed by atoms with Gasteiger partial charge in [0.05, 0.1) is 13.2 Å². The van der Waals surface area contributed by atoms with Gasteiger partial charge < -0.3 is 20.1 Å². The fourth-order valence-electron chi connectivity index (χ4n) is 2.02. The maximum absolute atomic E-state index is 11.5. The Kier molecular flexibility index (Phi) is 3.54. The van der Waals surface area contributed by atoms with Gasteiger partial charge in [-0.1, -0.05) is 6.07 Å². The van der Waals surface area contributed by atoms with E-state index in [1.165, 1.54) is 17.4 Å². The van der Waals surface area contributed by atoms with Crippen molar-refractivity contribution in [2.75, 3.05) is 7.11 Å². The molecule has 0 spiro atoms. The van der Waals surface area contributed by atoms with E-state index in [-0.39, 0.29) is 6.42 Å². The zero-order valence-corrected chi connectivity index (χ0v) is 10.6. The lowest BCUT2D eigenvalue weighted by atomic mass is 9.82. The second kappa shape index (κ2) is 4.81. The van der Waals surface area contributed by atoms with Crippen LogP contribution in [-0.4, -0.2) is 46.2 Å². The maximum atomic E-state index is 11.5. The predicted molar refractivity (Wildman–Crippen MR) is 65.9 cm³/mol. The van der Waals surface area contributed by atoms with Crippen molar-refractivity contribution in [3.8, 4) is 0 Å². The number of thiophene rings is 1. The standard InChI is InChI=1S/C12H14O5S/c1-17-11(15)12(16)5-7(9-3-2-4-18-9)10(14)8(13)6-12/h2-5,8,10,13-14,16H,6H2,1H3/t8-,10-,12+/m1/s1. The van der Waals surface area contributed by atoms with Crippen LogP contribution in [-0.2, 0) is 9.53 Å². The molecule has 1 aromatic rings. The van der Waals surface area contributed by atoms with Gasteiger partial charge in [0.25, 0.3) is 0 Å². The summed E-state index contributed by atoms with van der Waals surface area (Å²) in [4.78, 5) is 12.2. The van der Waals surface area contributed by atoms with Crippen molar-refractivity contribution >= 4 is 22.9 Å². The highest BCUT2D eigenvalue weighted by Crippen LogP contribution is 2.35. The van der Waals surface area contributed by atoms with E-state index >= 15 is 0 Å². The van der Waals surface area contributed by atoms with Crippen molar-refractivity contribution in [3.63, 3.8) is 0 Å². The fraction of sp³-hybridized carbons (Fsp3) is 0.417. The Bertz CT molecular complexity index is 467. The van der Waals surface area contributed by atoms with Gasteiger partial charge >= 0.3 is 5.97 Å². The maximum Gasteiger partial charge on any atom is 0.342 e. The van der Waals surface area contributed by atoms with Gasteiger partial charge in [0.2, 0.25) is 0 Å². The van der Waals surface area contributed by atoms with Crippen LogP contribution in [0.25, 0.3) is 5.57 Å². The zero-order valence-electron chi connectivity index (χ0n) is 9.74. The minimum Gasteiger partial charge on any atom is -0.467 e. The Labute approximate surface area is 108 Å². The highest BCUT2D eigenvalue weighted by atomic mass is 32.1. The summed E-state index contributed by atoms with van der Waals surface area (Å²) in [6, 6.07) is 3.53. The van der Waals surface area contributed by atoms with Gasteiger partial charge in [-0.2, -0.15) is 0 Å². The Morgan fingerprint density at radius 1 is 1.56 bits per heavy atom. The molecule has 0 saturated heterocycles. The van der Waals surface area contributed by atoms with Gasteiger partial charge in [-0.3, -0.25) is 0 Å². The Morgan fingerprint density at radius 2 is 2.28 bits per heavy atom. The van der Waals surface area contributed by atoms with E-state index in [4.69, 9.17) is 0 Å². The molecule has 18 heavy (non-hydrogen) atoms. The van der Waals surface area contributed by atoms with E-state index in [0.717, 1.165) is 7.11 Å². The van der Waals surface area contributed by atoms with Crippen LogP contribution >= 0.6 is 11.3 Å². The summed E-state index contributed by atoms with van der Waals surface area (Å²) < 4.78 is 4.52. The summed E-state index contributed by atoms with van der Waals surface area (Å²) in [6.07, 6.45) is -1.35. The molecule has 5 nitrogen and oxygen atoms in total. The number of carbonyl (C=O) groups excluding carboxylic acids is 1. The van der Waals surface area contributed by atoms with Crippen LogP contribution in [0.3, 0.4) is 0 Å². The first-order chi connectivity index (χ1) is 8.48. The highest BCUT2D eigenvalue weighted by Gasteiger charge is 2.44. The molecule has 0 radical (unpaired) electrons. The van der Waals surface area contributed by atoms with Crippen molar-refractivity contribution in [2.24, 2.45) is 0 Å². The molecule has 0 unspecified atom stereocenters. The lowest BCUT2D eigenvalue weighted by molar-refractivity contribution is -0.161. The third-order valence-corrected chi connectivity index (χ3v) is 3.86. The summed E-state index contributed by atoms with van der Waals surface area (Å²) in [5.74, 6) is -0.845. The smallest absolute Gasteiger partial charge is 0.342 e. The Balaban J connectivity index is 2.45. The zero-order chi connectivity index (χ0) is 13.3. The van der Waals surface area contributed by atoms with E-state index in [2.05, 4.69) is 4.74 Å². The predicted octanol–water partition coefficient (Wildman–Crippen LogP) is 0.161. The molecule has 98 valence electrons. The normalized spacial score (nSPS) is 31.9. The highest BCUT2D eigenvalue weighted by molar-refractivity contribution is 7.11. The molecule has 3 atom stereocenters. The number of ether oxygens (including phenoxy) is 1. The Morgan fingerprint density at radius 3 is 2.83 bits per heavy atom. The summed E-state index contributed by atoms with van der Waals surface area (Å²) in [5, 5.41) is 31.7. The first-order valence-electron chi connectivity index (χ1n) is 5.41. The molecule has 0 aromatic carbocycles. The number of aliphatic hydroxyl groups excluding tert-OH is 2. The van der Waals surface area contributed by atoms with E-state index in [1.807, 2.05) is 0 Å². The minimum atomic E-state index is -1.90. The van der Waals surface area contributed by atoms with Crippen molar-refractivity contribution in [1.29, 1.82) is 0 Å². The molecule has 2 rings (SSSR count). The largest absolute Gasteiger partial charge is 0.467 e. The first kappa shape index (κ1) is 13.2. The van der Waals surface area contributed by atoms with Crippen molar-refractivity contribution < 1.29 is 24.9 Å². The molecule has 1 aromatic heterocycles. The van der Waals surface area contributed by atoms with Gasteiger partial charge in [-0.05, 0) is 23.1 Å². The molecule has 0 saturated carbocycles. The summed E-state index contributed by atoms with van der Waals surface area (Å²) >= 11 is 1.35. The molecule has 1 heterocycles. The molecule has 0 bridgehead atoms. The van der Waals surface area contributed by atoms with Crippen molar-refractivity contribution in [1.82, 2.24) is 0 Å². The third-order valence-electron chi connectivity index (χ3n) is 2.94. The summed E-state index contributed by atoms with van der Waals surface area (Å²) in [5.41, 5.74) is -1.55. The van der Waals surface area contributed by atoms with Crippen LogP contribution in [0.2, 0.25) is 0 Å². The molecule has 0 aliphatic heterocycles. The van der Waals surface area contributed by atoms with Crippen LogP contribution in [0.1, 0.15) is 11.3 Å². The number of rotatable bonds is 2. The minimum absolute atomic E-state index is 0.282. The molecule has 1 aliphatic rings. The number of aliphatic hydroxyl groups is 3. The van der Waals surface area contributed by atoms with E-state index in [9.17, 15) is 20.1 Å². The van der Waals surface area contributed by atoms with Crippen LogP contribution < -0.4 is 0 Å². The van der Waals surface area contributed by atoms with Crippen LogP contribution in [0, 0.1) is 0 Å². The fourth-order valence-corrected chi connectivity index (χ4v) is 2.79. The third kappa shape index (κ3) is 2.20. The molecule has 3 N–H and O–H groups in total. The average molecular weight is 270 g/mol. The number of esters is 1. The second-order valence-electron chi connectivity index (χ2n) is 4.21. The number of carbonyl (C=O) groups is 1. The van der Waals surface area contributed by atoms with Crippen LogP contribution in [0.5, 0.6) is 0 Å². The van der Waals surface area contributed by atoms with Crippen molar-refractivity contribution in [3.05, 3.63) is 28.5 Å². The Hall–Kier alpha value is -1.21. The molecule has 0 fully saturated rings. The topological polar surface area (TPSA) is 87.0 Å². The van der Waals surface area contributed by atoms with Gasteiger partial charge in [0.1, 0.15) is 6.10 Å². The lowest BCUT2D eigenvalue weighted by Crippen LogP contribution is -2.48. The van der Waals surface area contributed by atoms with Gasteiger partial charge in [-0.15, -0.1) is 11.3 Å². The molecule has 6 heteroatoms. The number of hydrogen-bond acceptors (Lipinski definition) is 6. The first-order valence-corrected chi connectivity index (χ1v) is 6.29. The molecular formula is C12H14O5S. The SMILES string of the molecule is COC(=O)[C@]1(O)C=C(c2cccs2)[C@@H](O)[C@H](O)C1. The summed E-state index contributed by atoms with van der Waals surface area (Å²) in [7, 11) is 1.16. The molecule has 0 amide bonds. The van der Waals surface area contributed by atoms with E-state index in [1.54, 1.807) is 17.5 Å². The van der Waals surface area contributed by atoms with Crippen LogP contribution in [0.15, 0.2) is 23.6 Å². The van der Waals surface area contributed by atoms with Gasteiger partial charge in [-0.25, -0.2) is 4.79 Å². The average Bonchev–Trinajstić information content (AvgIpc) is 2.86. The van der Waals surface area contributed by atoms with Gasteiger partial charge in [0.15, 0.2) is 5.60 Å². The number of methoxy groups -OCH3 is 1. The van der Waals surface area contributed by atoms with E-state index < -0.39 is 23.8 Å². The van der Waals surface area contributed by atoms with Gasteiger partial charge in [0, 0.05) is 11.3 Å². The molecular weight excluding hydrogens is 256 g/mol. The number of hydrogen-bond donors (Lipinski definition) is 3. The molecule has 1 aliphatic carbocycles. The quantitative estimate of drug-likeness (QED) is 0.666. The lowest BCUT2D eigenvalue weighted by Gasteiger charge is -2.33. The van der Waals surface area contributed by atoms with Crippen LogP contribution in [0.4, 0.5) is 0 Å². The van der Waals surface area contributed by atoms with Crippen molar-refractivity contribution in [2.45, 2.75) is 24.2 Å².